The summed E-state index contributed by atoms with van der Waals surface area (Å²) in [6, 6.07) is 5.46. The molecule has 0 aromatic carbocycles. The predicted molar refractivity (Wildman–Crippen MR) is 93.1 cm³/mol. The minimum atomic E-state index is -0.626. The lowest BCUT2D eigenvalue weighted by Crippen LogP contribution is -2.42. The lowest BCUT2D eigenvalue weighted by atomic mass is 10.1. The molecule has 2 aromatic rings. The Morgan fingerprint density at radius 2 is 2.08 bits per heavy atom. The molecule has 0 bridgehead atoms. The lowest BCUT2D eigenvalue weighted by Gasteiger charge is -2.21. The summed E-state index contributed by atoms with van der Waals surface area (Å²) in [6.07, 6.45) is 2.58. The number of nitrogens with zero attached hydrogens (tertiary/aromatic N) is 3. The molecule has 7 nitrogen and oxygen atoms in total. The third-order valence-corrected chi connectivity index (χ3v) is 4.76. The molecular weight excluding hydrogens is 320 g/mol. The van der Waals surface area contributed by atoms with E-state index in [0.29, 0.717) is 25.9 Å². The fraction of sp³-hybridized carbons (Fsp3) is 0.500. The molecule has 0 radical (unpaired) electrons. The molecule has 0 saturated carbocycles. The molecule has 1 aliphatic rings. The van der Waals surface area contributed by atoms with E-state index in [1.165, 1.54) is 6.92 Å². The van der Waals surface area contributed by atoms with Crippen LogP contribution in [0.3, 0.4) is 0 Å². The van der Waals surface area contributed by atoms with E-state index in [1.807, 2.05) is 35.7 Å². The molecule has 1 saturated heterocycles. The van der Waals surface area contributed by atoms with Crippen molar-refractivity contribution in [3.05, 3.63) is 35.8 Å². The third-order valence-electron chi connectivity index (χ3n) is 4.76. The van der Waals surface area contributed by atoms with Crippen LogP contribution in [0.25, 0.3) is 5.65 Å². The van der Waals surface area contributed by atoms with Crippen LogP contribution in [0, 0.1) is 6.92 Å². The second-order valence-corrected chi connectivity index (χ2v) is 6.58. The SMILES string of the molecule is CC(=O)N[C@H]1CCN(C(=O)Cc2c(C)nc3ccccn23)CC[C@@H]1O. The molecule has 7 heteroatoms. The molecule has 1 aliphatic heterocycles. The summed E-state index contributed by atoms with van der Waals surface area (Å²) >= 11 is 0. The molecule has 0 unspecified atom stereocenters. The highest BCUT2D eigenvalue weighted by atomic mass is 16.3. The second-order valence-electron chi connectivity index (χ2n) is 6.58. The van der Waals surface area contributed by atoms with E-state index in [2.05, 4.69) is 10.3 Å². The Hall–Kier alpha value is -2.41. The van der Waals surface area contributed by atoms with Crippen LogP contribution in [0.1, 0.15) is 31.2 Å². The fourth-order valence-corrected chi connectivity index (χ4v) is 3.40. The second kappa shape index (κ2) is 7.23. The first-order valence-electron chi connectivity index (χ1n) is 8.61. The van der Waals surface area contributed by atoms with E-state index in [0.717, 1.165) is 17.0 Å². The monoisotopic (exact) mass is 344 g/mol. The number of carbonyl (C=O) groups is 2. The summed E-state index contributed by atoms with van der Waals surface area (Å²) in [4.78, 5) is 30.3. The zero-order chi connectivity index (χ0) is 18.0. The number of rotatable bonds is 3. The number of aromatic nitrogens is 2. The summed E-state index contributed by atoms with van der Waals surface area (Å²) in [5, 5.41) is 12.9. The zero-order valence-electron chi connectivity index (χ0n) is 14.6. The van der Waals surface area contributed by atoms with Gasteiger partial charge in [-0.1, -0.05) is 6.07 Å². The molecule has 0 aliphatic carbocycles. The molecule has 1 fully saturated rings. The Morgan fingerprint density at radius 1 is 1.32 bits per heavy atom. The van der Waals surface area contributed by atoms with Gasteiger partial charge in [-0.25, -0.2) is 4.98 Å². The smallest absolute Gasteiger partial charge is 0.228 e. The average molecular weight is 344 g/mol. The first kappa shape index (κ1) is 17.4. The van der Waals surface area contributed by atoms with Gasteiger partial charge in [0.15, 0.2) is 0 Å². The highest BCUT2D eigenvalue weighted by molar-refractivity contribution is 5.79. The van der Waals surface area contributed by atoms with E-state index in [9.17, 15) is 14.7 Å². The normalized spacial score (nSPS) is 21.2. The van der Waals surface area contributed by atoms with Crippen LogP contribution in [-0.4, -0.2) is 56.4 Å². The van der Waals surface area contributed by atoms with Gasteiger partial charge in [-0.15, -0.1) is 0 Å². The van der Waals surface area contributed by atoms with Crippen molar-refractivity contribution < 1.29 is 14.7 Å². The fourth-order valence-electron chi connectivity index (χ4n) is 3.40. The predicted octanol–water partition coefficient (Wildman–Crippen LogP) is 0.673. The molecule has 2 amide bonds. The van der Waals surface area contributed by atoms with E-state index >= 15 is 0 Å². The van der Waals surface area contributed by atoms with Crippen LogP contribution in [0.15, 0.2) is 24.4 Å². The molecule has 3 rings (SSSR count). The number of hydrogen-bond acceptors (Lipinski definition) is 4. The van der Waals surface area contributed by atoms with Crippen molar-refractivity contribution in [3.63, 3.8) is 0 Å². The summed E-state index contributed by atoms with van der Waals surface area (Å²) in [5.74, 6) is -0.144. The van der Waals surface area contributed by atoms with E-state index < -0.39 is 6.10 Å². The summed E-state index contributed by atoms with van der Waals surface area (Å²) in [7, 11) is 0. The van der Waals surface area contributed by atoms with Gasteiger partial charge in [0.25, 0.3) is 0 Å². The maximum absolute atomic E-state index is 12.8. The van der Waals surface area contributed by atoms with Crippen LogP contribution in [-0.2, 0) is 16.0 Å². The summed E-state index contributed by atoms with van der Waals surface area (Å²) in [5.41, 5.74) is 2.58. The number of imidazole rings is 1. The van der Waals surface area contributed by atoms with Gasteiger partial charge in [0, 0.05) is 26.2 Å². The molecular formula is C18H24N4O3. The zero-order valence-corrected chi connectivity index (χ0v) is 14.6. The molecule has 2 N–H and O–H groups in total. The number of fused-ring (bicyclic) bond motifs is 1. The number of carbonyl (C=O) groups excluding carboxylic acids is 2. The maximum Gasteiger partial charge on any atom is 0.228 e. The first-order valence-corrected chi connectivity index (χ1v) is 8.61. The van der Waals surface area contributed by atoms with Crippen molar-refractivity contribution >= 4 is 17.5 Å². The van der Waals surface area contributed by atoms with E-state index in [1.54, 1.807) is 4.90 Å². The van der Waals surface area contributed by atoms with Gasteiger partial charge in [0.05, 0.1) is 30.0 Å². The Kier molecular flexibility index (Phi) is 5.03. The lowest BCUT2D eigenvalue weighted by molar-refractivity contribution is -0.130. The topological polar surface area (TPSA) is 86.9 Å². The number of aryl methyl sites for hydroxylation is 1. The minimum Gasteiger partial charge on any atom is -0.391 e. The van der Waals surface area contributed by atoms with Gasteiger partial charge in [-0.05, 0) is 31.9 Å². The highest BCUT2D eigenvalue weighted by Crippen LogP contribution is 2.16. The molecule has 2 aromatic heterocycles. The standard InChI is InChI=1S/C18H24N4O3/c1-12-15(22-8-4-3-5-17(22)19-12)11-18(25)21-9-6-14(20-13(2)23)16(24)7-10-21/h3-5,8,14,16,24H,6-7,9-11H2,1-2H3,(H,20,23)/t14-,16-/m0/s1. The van der Waals surface area contributed by atoms with Crippen molar-refractivity contribution in [1.29, 1.82) is 0 Å². The van der Waals surface area contributed by atoms with Crippen molar-refractivity contribution in [1.82, 2.24) is 19.6 Å². The molecule has 2 atom stereocenters. The van der Waals surface area contributed by atoms with Crippen molar-refractivity contribution in [2.45, 2.75) is 45.3 Å². The van der Waals surface area contributed by atoms with Crippen LogP contribution in [0.5, 0.6) is 0 Å². The van der Waals surface area contributed by atoms with Gasteiger partial charge in [-0.3, -0.25) is 9.59 Å². The quantitative estimate of drug-likeness (QED) is 0.857. The van der Waals surface area contributed by atoms with Crippen LogP contribution >= 0.6 is 0 Å². The first-order chi connectivity index (χ1) is 12.0. The average Bonchev–Trinajstić information content (AvgIpc) is 2.76. The summed E-state index contributed by atoms with van der Waals surface area (Å²) < 4.78 is 1.94. The number of pyridine rings is 1. The Bertz CT molecular complexity index is 786. The minimum absolute atomic E-state index is 0.0180. The molecule has 0 spiro atoms. The van der Waals surface area contributed by atoms with Crippen LogP contribution < -0.4 is 5.32 Å². The van der Waals surface area contributed by atoms with Crippen LogP contribution in [0.4, 0.5) is 0 Å². The van der Waals surface area contributed by atoms with E-state index in [4.69, 9.17) is 0 Å². The van der Waals surface area contributed by atoms with Crippen molar-refractivity contribution in [2.75, 3.05) is 13.1 Å². The molecule has 25 heavy (non-hydrogen) atoms. The largest absolute Gasteiger partial charge is 0.391 e. The van der Waals surface area contributed by atoms with Gasteiger partial charge in [-0.2, -0.15) is 0 Å². The number of aliphatic hydroxyl groups excluding tert-OH is 1. The number of hydrogen-bond donors (Lipinski definition) is 2. The van der Waals surface area contributed by atoms with Crippen molar-refractivity contribution in [3.8, 4) is 0 Å². The third kappa shape index (κ3) is 3.82. The maximum atomic E-state index is 12.8. The van der Waals surface area contributed by atoms with Gasteiger partial charge in [0.1, 0.15) is 5.65 Å². The highest BCUT2D eigenvalue weighted by Gasteiger charge is 2.28. The Balaban J connectivity index is 1.71. The number of aliphatic hydroxyl groups is 1. The van der Waals surface area contributed by atoms with E-state index in [-0.39, 0.29) is 24.3 Å². The van der Waals surface area contributed by atoms with Crippen molar-refractivity contribution in [2.24, 2.45) is 0 Å². The summed E-state index contributed by atoms with van der Waals surface area (Å²) in [6.45, 7) is 4.37. The number of amides is 2. The Labute approximate surface area is 146 Å². The van der Waals surface area contributed by atoms with Crippen LogP contribution in [0.2, 0.25) is 0 Å². The molecule has 3 heterocycles. The number of likely N-dealkylation sites (tertiary alicyclic amines) is 1. The Morgan fingerprint density at radius 3 is 2.84 bits per heavy atom. The molecule has 134 valence electrons. The van der Waals surface area contributed by atoms with Gasteiger partial charge >= 0.3 is 0 Å². The van der Waals surface area contributed by atoms with Gasteiger partial charge < -0.3 is 19.7 Å². The van der Waals surface area contributed by atoms with Gasteiger partial charge in [0.2, 0.25) is 11.8 Å². The number of nitrogens with one attached hydrogen (secondary N) is 1.